The van der Waals surface area contributed by atoms with Gasteiger partial charge in [-0.25, -0.2) is 4.79 Å². The van der Waals surface area contributed by atoms with Crippen molar-refractivity contribution in [3.8, 4) is 5.75 Å². The van der Waals surface area contributed by atoms with Gasteiger partial charge >= 0.3 is 5.97 Å². The molecular formula is C17H16ClNO3. The minimum absolute atomic E-state index is 0.340. The Balaban J connectivity index is 2.12. The number of carboxylic acids is 1. The minimum Gasteiger partial charge on any atom is -0.480 e. The molecule has 0 atom stereocenters. The van der Waals surface area contributed by atoms with Crippen LogP contribution >= 0.6 is 11.6 Å². The second-order valence-corrected chi connectivity index (χ2v) is 5.31. The van der Waals surface area contributed by atoms with E-state index in [1.807, 2.05) is 25.1 Å². The van der Waals surface area contributed by atoms with Gasteiger partial charge in [0, 0.05) is 6.21 Å². The van der Waals surface area contributed by atoms with Crippen molar-refractivity contribution >= 4 is 29.5 Å². The molecule has 0 amide bonds. The van der Waals surface area contributed by atoms with E-state index >= 15 is 0 Å². The molecule has 0 spiro atoms. The zero-order valence-electron chi connectivity index (χ0n) is 12.3. The Morgan fingerprint density at radius 1 is 1.23 bits per heavy atom. The summed E-state index contributed by atoms with van der Waals surface area (Å²) in [6.07, 6.45) is 1.71. The summed E-state index contributed by atoms with van der Waals surface area (Å²) in [6, 6.07) is 11.1. The quantitative estimate of drug-likeness (QED) is 0.842. The minimum atomic E-state index is -1.04. The van der Waals surface area contributed by atoms with E-state index in [-0.39, 0.29) is 0 Å². The van der Waals surface area contributed by atoms with E-state index in [9.17, 15) is 4.79 Å². The van der Waals surface area contributed by atoms with Crippen LogP contribution in [0.3, 0.4) is 0 Å². The summed E-state index contributed by atoms with van der Waals surface area (Å²) in [4.78, 5) is 14.9. The van der Waals surface area contributed by atoms with E-state index in [0.29, 0.717) is 10.8 Å². The van der Waals surface area contributed by atoms with E-state index in [1.54, 1.807) is 24.4 Å². The van der Waals surface area contributed by atoms with E-state index < -0.39 is 12.6 Å². The normalized spacial score (nSPS) is 10.9. The van der Waals surface area contributed by atoms with Crippen LogP contribution in [0.4, 0.5) is 5.69 Å². The zero-order valence-corrected chi connectivity index (χ0v) is 13.1. The summed E-state index contributed by atoms with van der Waals surface area (Å²) in [7, 11) is 0. The lowest BCUT2D eigenvalue weighted by Crippen LogP contribution is -2.09. The number of nitrogens with zero attached hydrogens (tertiary/aromatic N) is 1. The summed E-state index contributed by atoms with van der Waals surface area (Å²) in [5.74, 6) is -0.705. The van der Waals surface area contributed by atoms with Gasteiger partial charge in [-0.3, -0.25) is 4.99 Å². The molecule has 0 fully saturated rings. The first-order valence-corrected chi connectivity index (χ1v) is 7.09. The third kappa shape index (κ3) is 4.33. The molecule has 5 heteroatoms. The predicted molar refractivity (Wildman–Crippen MR) is 87.8 cm³/mol. The van der Waals surface area contributed by atoms with Crippen molar-refractivity contribution < 1.29 is 14.6 Å². The number of halogens is 1. The smallest absolute Gasteiger partial charge is 0.341 e. The van der Waals surface area contributed by atoms with E-state index in [2.05, 4.69) is 11.9 Å². The summed E-state index contributed by atoms with van der Waals surface area (Å²) >= 11 is 6.06. The van der Waals surface area contributed by atoms with Crippen LogP contribution in [0.2, 0.25) is 5.02 Å². The average molecular weight is 318 g/mol. The van der Waals surface area contributed by atoms with Crippen molar-refractivity contribution in [1.29, 1.82) is 0 Å². The second kappa shape index (κ2) is 7.09. The number of carboxylic acid groups (broad SMARTS) is 1. The molecule has 4 nitrogen and oxygen atoms in total. The number of aryl methyl sites for hydroxylation is 2. The Bertz CT molecular complexity index is 726. The molecule has 2 aromatic carbocycles. The Morgan fingerprint density at radius 2 is 2.00 bits per heavy atom. The maximum absolute atomic E-state index is 10.5. The predicted octanol–water partition coefficient (Wildman–Crippen LogP) is 4.17. The highest BCUT2D eigenvalue weighted by Gasteiger charge is 2.05. The standard InChI is InChI=1S/C17H16ClNO3/c1-11-3-5-14(7-12(11)2)19-9-13-4-6-16(15(18)8-13)22-10-17(20)21/h3-9H,10H2,1-2H3,(H,20,21). The van der Waals surface area contributed by atoms with Crippen molar-refractivity contribution in [2.45, 2.75) is 13.8 Å². The highest BCUT2D eigenvalue weighted by atomic mass is 35.5. The first-order valence-electron chi connectivity index (χ1n) is 6.71. The molecule has 0 unspecified atom stereocenters. The number of rotatable bonds is 5. The lowest BCUT2D eigenvalue weighted by atomic mass is 10.1. The number of hydrogen-bond donors (Lipinski definition) is 1. The van der Waals surface area contributed by atoms with Gasteiger partial charge in [0.05, 0.1) is 10.7 Å². The molecule has 0 saturated carbocycles. The lowest BCUT2D eigenvalue weighted by Gasteiger charge is -2.06. The Morgan fingerprint density at radius 3 is 2.64 bits per heavy atom. The lowest BCUT2D eigenvalue weighted by molar-refractivity contribution is -0.139. The van der Waals surface area contributed by atoms with Gasteiger partial charge in [-0.15, -0.1) is 0 Å². The fourth-order valence-electron chi connectivity index (χ4n) is 1.81. The maximum atomic E-state index is 10.5. The van der Waals surface area contributed by atoms with Crippen molar-refractivity contribution in [3.05, 3.63) is 58.1 Å². The SMILES string of the molecule is Cc1ccc(N=Cc2ccc(OCC(=O)O)c(Cl)c2)cc1C. The van der Waals surface area contributed by atoms with Crippen LogP contribution in [0, 0.1) is 13.8 Å². The average Bonchev–Trinajstić information content (AvgIpc) is 2.47. The molecule has 0 bridgehead atoms. The monoisotopic (exact) mass is 317 g/mol. The van der Waals surface area contributed by atoms with E-state index in [1.165, 1.54) is 11.1 Å². The molecular weight excluding hydrogens is 302 g/mol. The Labute approximate surface area is 134 Å². The van der Waals surface area contributed by atoms with Crippen molar-refractivity contribution in [1.82, 2.24) is 0 Å². The summed E-state index contributed by atoms with van der Waals surface area (Å²) in [5, 5.41) is 8.94. The molecule has 1 N–H and O–H groups in total. The molecule has 22 heavy (non-hydrogen) atoms. The van der Waals surface area contributed by atoms with Crippen LogP contribution < -0.4 is 4.74 Å². The van der Waals surface area contributed by atoms with Gasteiger partial charge in [0.15, 0.2) is 6.61 Å². The number of hydrogen-bond acceptors (Lipinski definition) is 3. The molecule has 0 saturated heterocycles. The summed E-state index contributed by atoms with van der Waals surface area (Å²) in [5.41, 5.74) is 4.09. The van der Waals surface area contributed by atoms with Crippen LogP contribution in [-0.2, 0) is 4.79 Å². The van der Waals surface area contributed by atoms with Crippen LogP contribution in [0.15, 0.2) is 41.4 Å². The number of aliphatic carboxylic acids is 1. The van der Waals surface area contributed by atoms with Gasteiger partial charge in [0.1, 0.15) is 5.75 Å². The molecule has 0 aliphatic heterocycles. The fourth-order valence-corrected chi connectivity index (χ4v) is 2.05. The number of aliphatic imine (C=N–C) groups is 1. The maximum Gasteiger partial charge on any atom is 0.341 e. The van der Waals surface area contributed by atoms with Crippen LogP contribution in [0.5, 0.6) is 5.75 Å². The molecule has 0 aromatic heterocycles. The molecule has 114 valence electrons. The third-order valence-corrected chi connectivity index (χ3v) is 3.46. The summed E-state index contributed by atoms with van der Waals surface area (Å²) < 4.78 is 5.07. The first-order chi connectivity index (χ1) is 10.5. The van der Waals surface area contributed by atoms with Gasteiger partial charge in [-0.2, -0.15) is 0 Å². The Hall–Kier alpha value is -2.33. The van der Waals surface area contributed by atoms with Crippen molar-refractivity contribution in [2.75, 3.05) is 6.61 Å². The second-order valence-electron chi connectivity index (χ2n) is 4.90. The van der Waals surface area contributed by atoms with Crippen molar-refractivity contribution in [2.24, 2.45) is 4.99 Å². The number of ether oxygens (including phenoxy) is 1. The zero-order chi connectivity index (χ0) is 16.1. The van der Waals surface area contributed by atoms with Crippen molar-refractivity contribution in [3.63, 3.8) is 0 Å². The van der Waals surface area contributed by atoms with Gasteiger partial charge in [0.2, 0.25) is 0 Å². The van der Waals surface area contributed by atoms with Gasteiger partial charge in [0.25, 0.3) is 0 Å². The van der Waals surface area contributed by atoms with Crippen LogP contribution in [-0.4, -0.2) is 23.9 Å². The largest absolute Gasteiger partial charge is 0.480 e. The molecule has 2 aromatic rings. The highest BCUT2D eigenvalue weighted by Crippen LogP contribution is 2.25. The summed E-state index contributed by atoms with van der Waals surface area (Å²) in [6.45, 7) is 3.67. The molecule has 0 aliphatic rings. The highest BCUT2D eigenvalue weighted by molar-refractivity contribution is 6.32. The topological polar surface area (TPSA) is 58.9 Å². The molecule has 0 radical (unpaired) electrons. The number of carbonyl (C=O) groups is 1. The first kappa shape index (κ1) is 16.0. The van der Waals surface area contributed by atoms with Gasteiger partial charge < -0.3 is 9.84 Å². The van der Waals surface area contributed by atoms with Gasteiger partial charge in [-0.1, -0.05) is 17.7 Å². The van der Waals surface area contributed by atoms with E-state index in [0.717, 1.165) is 11.3 Å². The fraction of sp³-hybridized carbons (Fsp3) is 0.176. The van der Waals surface area contributed by atoms with Crippen LogP contribution in [0.1, 0.15) is 16.7 Å². The molecule has 2 rings (SSSR count). The van der Waals surface area contributed by atoms with E-state index in [4.69, 9.17) is 21.4 Å². The van der Waals surface area contributed by atoms with Crippen LogP contribution in [0.25, 0.3) is 0 Å². The molecule has 0 heterocycles. The molecule has 0 aliphatic carbocycles. The third-order valence-electron chi connectivity index (χ3n) is 3.16. The Kier molecular flexibility index (Phi) is 5.17. The van der Waals surface area contributed by atoms with Gasteiger partial charge in [-0.05, 0) is 60.9 Å². The number of benzene rings is 2.